The third-order valence-corrected chi connectivity index (χ3v) is 3.88. The summed E-state index contributed by atoms with van der Waals surface area (Å²) in [4.78, 5) is 29.9. The van der Waals surface area contributed by atoms with E-state index in [9.17, 15) is 9.59 Å². The van der Waals surface area contributed by atoms with E-state index >= 15 is 0 Å². The lowest BCUT2D eigenvalue weighted by Crippen LogP contribution is -2.46. The summed E-state index contributed by atoms with van der Waals surface area (Å²) in [6.07, 6.45) is 7.20. The van der Waals surface area contributed by atoms with Crippen molar-refractivity contribution in [1.29, 1.82) is 0 Å². The average Bonchev–Trinajstić information content (AvgIpc) is 2.62. The van der Waals surface area contributed by atoms with Gasteiger partial charge in [0.1, 0.15) is 11.8 Å². The van der Waals surface area contributed by atoms with Crippen LogP contribution in [0.25, 0.3) is 0 Å². The van der Waals surface area contributed by atoms with Crippen LogP contribution in [0.5, 0.6) is 5.75 Å². The number of likely N-dealkylation sites (N-methyl/N-ethyl adjacent to an activating group) is 1. The number of nitrogens with zero attached hydrogens (tertiary/aromatic N) is 1. The minimum Gasteiger partial charge on any atom is -0.493 e. The van der Waals surface area contributed by atoms with Gasteiger partial charge in [0.25, 0.3) is 11.8 Å². The standard InChI is InChI=1S/C18H24N2O4/c1-20(23-2)18(22)15-11-6-4-3-5-9-13-24-16-12-8-7-10-14(16)17(21)19-15/h4,6-8,10,12,15H,3,5,9,11,13H2,1-2H3,(H,19,21)/b6-4-. The lowest BCUT2D eigenvalue weighted by Gasteiger charge is -2.22. The quantitative estimate of drug-likeness (QED) is 0.667. The molecule has 0 radical (unpaired) electrons. The molecule has 0 saturated heterocycles. The molecule has 1 aliphatic rings. The Morgan fingerprint density at radius 1 is 1.29 bits per heavy atom. The zero-order chi connectivity index (χ0) is 17.4. The van der Waals surface area contributed by atoms with E-state index in [0.29, 0.717) is 24.3 Å². The first kappa shape index (κ1) is 18.0. The fourth-order valence-electron chi connectivity index (χ4n) is 2.44. The topological polar surface area (TPSA) is 67.9 Å². The summed E-state index contributed by atoms with van der Waals surface area (Å²) in [5.41, 5.74) is 0.429. The molecule has 1 aliphatic heterocycles. The van der Waals surface area contributed by atoms with Crippen LogP contribution in [0.3, 0.4) is 0 Å². The highest BCUT2D eigenvalue weighted by molar-refractivity contribution is 5.99. The second kappa shape index (κ2) is 9.08. The molecular weight excluding hydrogens is 308 g/mol. The number of hydrogen-bond donors (Lipinski definition) is 1. The molecule has 0 fully saturated rings. The molecule has 2 amide bonds. The number of ether oxygens (including phenoxy) is 1. The number of hydroxylamine groups is 2. The smallest absolute Gasteiger partial charge is 0.268 e. The molecule has 6 heteroatoms. The van der Waals surface area contributed by atoms with Gasteiger partial charge in [-0.15, -0.1) is 0 Å². The fraction of sp³-hybridized carbons (Fsp3) is 0.444. The van der Waals surface area contributed by atoms with Crippen LogP contribution in [0, 0.1) is 0 Å². The number of carbonyl (C=O) groups excluding carboxylic acids is 2. The van der Waals surface area contributed by atoms with Crippen LogP contribution in [-0.4, -0.2) is 43.7 Å². The van der Waals surface area contributed by atoms with Crippen LogP contribution < -0.4 is 10.1 Å². The summed E-state index contributed by atoms with van der Waals surface area (Å²) in [6.45, 7) is 0.562. The molecule has 1 N–H and O–H groups in total. The number of amides is 2. The van der Waals surface area contributed by atoms with Crippen LogP contribution >= 0.6 is 0 Å². The molecule has 0 bridgehead atoms. The lowest BCUT2D eigenvalue weighted by molar-refractivity contribution is -0.170. The Labute approximate surface area is 142 Å². The molecule has 1 aromatic carbocycles. The van der Waals surface area contributed by atoms with Crippen molar-refractivity contribution in [1.82, 2.24) is 10.4 Å². The Morgan fingerprint density at radius 2 is 2.08 bits per heavy atom. The van der Waals surface area contributed by atoms with Gasteiger partial charge in [-0.3, -0.25) is 14.4 Å². The number of allylic oxidation sites excluding steroid dienone is 1. The number of carbonyl (C=O) groups is 2. The number of benzene rings is 1. The fourth-order valence-corrected chi connectivity index (χ4v) is 2.44. The van der Waals surface area contributed by atoms with E-state index in [0.717, 1.165) is 24.3 Å². The Bertz CT molecular complexity index is 600. The normalized spacial score (nSPS) is 20.2. The van der Waals surface area contributed by atoms with Gasteiger partial charge in [-0.05, 0) is 37.8 Å². The number of nitrogens with one attached hydrogen (secondary N) is 1. The molecule has 1 atom stereocenters. The number of rotatable bonds is 2. The minimum absolute atomic E-state index is 0.302. The number of fused-ring (bicyclic) bond motifs is 1. The van der Waals surface area contributed by atoms with Crippen LogP contribution in [0.4, 0.5) is 0 Å². The van der Waals surface area contributed by atoms with E-state index in [1.165, 1.54) is 14.2 Å². The van der Waals surface area contributed by atoms with Crippen molar-refractivity contribution in [2.45, 2.75) is 31.7 Å². The van der Waals surface area contributed by atoms with E-state index in [-0.39, 0.29) is 11.8 Å². The third-order valence-electron chi connectivity index (χ3n) is 3.88. The monoisotopic (exact) mass is 332 g/mol. The van der Waals surface area contributed by atoms with Crippen molar-refractivity contribution in [2.75, 3.05) is 20.8 Å². The highest BCUT2D eigenvalue weighted by Gasteiger charge is 2.25. The molecule has 6 nitrogen and oxygen atoms in total. The van der Waals surface area contributed by atoms with E-state index in [4.69, 9.17) is 9.57 Å². The summed E-state index contributed by atoms with van der Waals surface area (Å²) in [5, 5.41) is 3.91. The van der Waals surface area contributed by atoms with Crippen molar-refractivity contribution >= 4 is 11.8 Å². The predicted octanol–water partition coefficient (Wildman–Crippen LogP) is 2.31. The third kappa shape index (κ3) is 4.83. The van der Waals surface area contributed by atoms with Gasteiger partial charge in [-0.2, -0.15) is 0 Å². The second-order valence-corrected chi connectivity index (χ2v) is 5.59. The molecule has 0 aliphatic carbocycles. The van der Waals surface area contributed by atoms with Crippen LogP contribution in [0.2, 0.25) is 0 Å². The predicted molar refractivity (Wildman–Crippen MR) is 90.6 cm³/mol. The minimum atomic E-state index is -0.687. The molecule has 1 heterocycles. The van der Waals surface area contributed by atoms with Crippen molar-refractivity contribution in [3.05, 3.63) is 42.0 Å². The maximum Gasteiger partial charge on any atom is 0.268 e. The first-order valence-electron chi connectivity index (χ1n) is 8.13. The van der Waals surface area contributed by atoms with Gasteiger partial charge in [-0.1, -0.05) is 24.3 Å². The largest absolute Gasteiger partial charge is 0.493 e. The summed E-state index contributed by atoms with van der Waals surface area (Å²) in [5.74, 6) is -0.0987. The maximum absolute atomic E-state index is 12.6. The number of para-hydroxylation sites is 1. The summed E-state index contributed by atoms with van der Waals surface area (Å²) < 4.78 is 5.73. The first-order chi connectivity index (χ1) is 11.6. The Balaban J connectivity index is 2.25. The molecule has 0 spiro atoms. The highest BCUT2D eigenvalue weighted by atomic mass is 16.7. The van der Waals surface area contributed by atoms with Gasteiger partial charge in [0.15, 0.2) is 0 Å². The molecule has 0 aromatic heterocycles. The van der Waals surface area contributed by atoms with Crippen molar-refractivity contribution < 1.29 is 19.2 Å². The van der Waals surface area contributed by atoms with Crippen LogP contribution in [-0.2, 0) is 9.63 Å². The van der Waals surface area contributed by atoms with Gasteiger partial charge in [0.2, 0.25) is 0 Å². The van der Waals surface area contributed by atoms with Crippen molar-refractivity contribution in [3.8, 4) is 5.75 Å². The molecule has 2 rings (SSSR count). The maximum atomic E-state index is 12.6. The summed E-state index contributed by atoms with van der Waals surface area (Å²) in [6, 6.07) is 6.38. The van der Waals surface area contributed by atoms with E-state index in [1.807, 2.05) is 18.2 Å². The zero-order valence-corrected chi connectivity index (χ0v) is 14.2. The highest BCUT2D eigenvalue weighted by Crippen LogP contribution is 2.19. The van der Waals surface area contributed by atoms with E-state index in [1.54, 1.807) is 18.2 Å². The van der Waals surface area contributed by atoms with E-state index in [2.05, 4.69) is 5.32 Å². The van der Waals surface area contributed by atoms with Gasteiger partial charge >= 0.3 is 0 Å². The van der Waals surface area contributed by atoms with Crippen molar-refractivity contribution in [3.63, 3.8) is 0 Å². The average molecular weight is 332 g/mol. The molecule has 1 unspecified atom stereocenters. The first-order valence-corrected chi connectivity index (χ1v) is 8.13. The SMILES string of the molecule is CON(C)C(=O)C1C/C=C\CCCCOc2ccccc2C(=O)N1. The molecule has 24 heavy (non-hydrogen) atoms. The lowest BCUT2D eigenvalue weighted by atomic mass is 10.1. The van der Waals surface area contributed by atoms with E-state index < -0.39 is 6.04 Å². The summed E-state index contributed by atoms with van der Waals surface area (Å²) in [7, 11) is 2.94. The van der Waals surface area contributed by atoms with Gasteiger partial charge in [-0.25, -0.2) is 5.06 Å². The van der Waals surface area contributed by atoms with Gasteiger partial charge in [0, 0.05) is 7.05 Å². The molecule has 0 saturated carbocycles. The van der Waals surface area contributed by atoms with Crippen LogP contribution in [0.1, 0.15) is 36.0 Å². The van der Waals surface area contributed by atoms with Gasteiger partial charge < -0.3 is 10.1 Å². The molecule has 130 valence electrons. The number of hydrogen-bond acceptors (Lipinski definition) is 4. The van der Waals surface area contributed by atoms with Crippen molar-refractivity contribution in [2.24, 2.45) is 0 Å². The van der Waals surface area contributed by atoms with Crippen LogP contribution in [0.15, 0.2) is 36.4 Å². The second-order valence-electron chi connectivity index (χ2n) is 5.59. The Kier molecular flexibility index (Phi) is 6.81. The van der Waals surface area contributed by atoms with Gasteiger partial charge in [0.05, 0.1) is 19.3 Å². The zero-order valence-electron chi connectivity index (χ0n) is 14.2. The Morgan fingerprint density at radius 3 is 2.88 bits per heavy atom. The molecule has 1 aromatic rings. The summed E-state index contributed by atoms with van der Waals surface area (Å²) >= 11 is 0. The molecular formula is C18H24N2O4. The Hall–Kier alpha value is -2.34.